The number of rotatable bonds is 8. The molecule has 0 atom stereocenters. The number of aromatic nitrogens is 3. The number of carbonyl (C=O) groups excluding carboxylic acids is 1. The van der Waals surface area contributed by atoms with Gasteiger partial charge in [0.05, 0.1) is 31.7 Å². The smallest absolute Gasteiger partial charge is 0.223 e. The van der Waals surface area contributed by atoms with E-state index in [1.54, 1.807) is 7.11 Å². The number of carbonyl (C=O) groups is 1. The molecule has 1 heterocycles. The van der Waals surface area contributed by atoms with Crippen molar-refractivity contribution in [3.05, 3.63) is 59.1 Å². The molecule has 0 aliphatic rings. The second kappa shape index (κ2) is 9.18. The molecule has 2 aromatic carbocycles. The van der Waals surface area contributed by atoms with Crippen molar-refractivity contribution in [1.29, 1.82) is 0 Å². The maximum Gasteiger partial charge on any atom is 0.223 e. The average Bonchev–Trinajstić information content (AvgIpc) is 3.17. The molecular weight excluding hydrogens is 387 g/mol. The summed E-state index contributed by atoms with van der Waals surface area (Å²) in [4.78, 5) is 16.3. The van der Waals surface area contributed by atoms with Crippen molar-refractivity contribution < 1.29 is 18.7 Å². The van der Waals surface area contributed by atoms with Crippen LogP contribution in [0, 0.1) is 5.82 Å². The van der Waals surface area contributed by atoms with Gasteiger partial charge in [0.25, 0.3) is 0 Å². The fourth-order valence-electron chi connectivity index (χ4n) is 2.36. The maximum atomic E-state index is 13.0. The highest BCUT2D eigenvalue weighted by Gasteiger charge is 2.09. The molecule has 7 nitrogen and oxygen atoms in total. The van der Waals surface area contributed by atoms with Gasteiger partial charge in [-0.1, -0.05) is 11.6 Å². The molecule has 2 N–H and O–H groups in total. The molecule has 146 valence electrons. The van der Waals surface area contributed by atoms with E-state index in [4.69, 9.17) is 21.1 Å². The number of hydrogen-bond acceptors (Lipinski definition) is 5. The van der Waals surface area contributed by atoms with E-state index in [2.05, 4.69) is 20.5 Å². The molecule has 28 heavy (non-hydrogen) atoms. The number of H-pyrrole nitrogens is 1. The van der Waals surface area contributed by atoms with Crippen molar-refractivity contribution >= 4 is 17.5 Å². The van der Waals surface area contributed by atoms with E-state index in [1.165, 1.54) is 12.1 Å². The maximum absolute atomic E-state index is 13.0. The molecule has 0 saturated carbocycles. The molecule has 3 rings (SSSR count). The van der Waals surface area contributed by atoms with Crippen molar-refractivity contribution in [2.45, 2.75) is 13.0 Å². The first-order chi connectivity index (χ1) is 13.5. The number of ether oxygens (including phenoxy) is 2. The van der Waals surface area contributed by atoms with Gasteiger partial charge in [-0.15, -0.1) is 0 Å². The number of halogens is 2. The summed E-state index contributed by atoms with van der Waals surface area (Å²) in [5.41, 5.74) is 0.833. The number of hydrogen-bond donors (Lipinski definition) is 2. The number of methoxy groups -OCH3 is 1. The first-order valence-electron chi connectivity index (χ1n) is 8.45. The normalized spacial score (nSPS) is 10.5. The van der Waals surface area contributed by atoms with Crippen molar-refractivity contribution in [2.75, 3.05) is 13.7 Å². The van der Waals surface area contributed by atoms with Gasteiger partial charge < -0.3 is 14.8 Å². The number of nitrogens with zero attached hydrogens (tertiary/aromatic N) is 2. The predicted octanol–water partition coefficient (Wildman–Crippen LogP) is 3.36. The van der Waals surface area contributed by atoms with Gasteiger partial charge in [-0.25, -0.2) is 9.37 Å². The third kappa shape index (κ3) is 5.20. The molecule has 0 aliphatic carbocycles. The Morgan fingerprint density at radius 2 is 2.04 bits per heavy atom. The zero-order valence-electron chi connectivity index (χ0n) is 15.0. The van der Waals surface area contributed by atoms with Gasteiger partial charge in [0.1, 0.15) is 23.1 Å². The number of nitrogens with one attached hydrogen (secondary N) is 2. The predicted molar refractivity (Wildman–Crippen MR) is 102 cm³/mol. The van der Waals surface area contributed by atoms with E-state index in [9.17, 15) is 9.18 Å². The second-order valence-electron chi connectivity index (χ2n) is 5.78. The molecule has 0 saturated heterocycles. The Morgan fingerprint density at radius 1 is 1.25 bits per heavy atom. The Hall–Kier alpha value is -3.13. The quantitative estimate of drug-likeness (QED) is 0.601. The number of aromatic amines is 1. The minimum Gasteiger partial charge on any atom is -0.497 e. The minimum absolute atomic E-state index is 0.116. The minimum atomic E-state index is -0.448. The zero-order chi connectivity index (χ0) is 19.9. The largest absolute Gasteiger partial charge is 0.497 e. The Bertz CT molecular complexity index is 947. The summed E-state index contributed by atoms with van der Waals surface area (Å²) >= 11 is 5.86. The third-order valence-corrected chi connectivity index (χ3v) is 4.11. The van der Waals surface area contributed by atoms with Gasteiger partial charge in [-0.3, -0.25) is 9.89 Å². The molecule has 0 spiro atoms. The van der Waals surface area contributed by atoms with Crippen molar-refractivity contribution in [2.24, 2.45) is 0 Å². The average molecular weight is 405 g/mol. The van der Waals surface area contributed by atoms with Crippen LogP contribution in [0.3, 0.4) is 0 Å². The summed E-state index contributed by atoms with van der Waals surface area (Å²) in [5.74, 6) is 1.46. The third-order valence-electron chi connectivity index (χ3n) is 3.81. The standard InChI is InChI=1S/C19H18ClFN4O3/c1-27-14-5-2-12(3-6-14)19-23-17(24-25-19)11-22-18(26)8-9-28-16-7-4-13(21)10-15(16)20/h2-7,10H,8-9,11H2,1H3,(H,22,26)(H,23,24,25). The highest BCUT2D eigenvalue weighted by molar-refractivity contribution is 6.32. The molecule has 0 aliphatic heterocycles. The van der Waals surface area contributed by atoms with Crippen molar-refractivity contribution in [3.63, 3.8) is 0 Å². The second-order valence-corrected chi connectivity index (χ2v) is 6.19. The van der Waals surface area contributed by atoms with Crippen LogP contribution in [0.15, 0.2) is 42.5 Å². The van der Waals surface area contributed by atoms with Crippen LogP contribution in [0.2, 0.25) is 5.02 Å². The summed E-state index contributed by atoms with van der Waals surface area (Å²) in [5, 5.41) is 9.82. The lowest BCUT2D eigenvalue weighted by Gasteiger charge is -2.08. The summed E-state index contributed by atoms with van der Waals surface area (Å²) < 4.78 is 23.5. The number of benzene rings is 2. The fourth-order valence-corrected chi connectivity index (χ4v) is 2.58. The van der Waals surface area contributed by atoms with E-state index in [0.29, 0.717) is 17.4 Å². The zero-order valence-corrected chi connectivity index (χ0v) is 15.8. The molecule has 3 aromatic rings. The molecule has 0 radical (unpaired) electrons. The van der Waals surface area contributed by atoms with E-state index < -0.39 is 5.82 Å². The molecular formula is C19H18ClFN4O3. The van der Waals surface area contributed by atoms with Crippen LogP contribution < -0.4 is 14.8 Å². The van der Waals surface area contributed by atoms with Gasteiger partial charge in [-0.2, -0.15) is 5.10 Å². The Morgan fingerprint density at radius 3 is 2.75 bits per heavy atom. The molecule has 1 amide bonds. The van der Waals surface area contributed by atoms with Gasteiger partial charge in [0.2, 0.25) is 5.91 Å². The van der Waals surface area contributed by atoms with Crippen molar-refractivity contribution in [3.8, 4) is 22.9 Å². The van der Waals surface area contributed by atoms with Crippen molar-refractivity contribution in [1.82, 2.24) is 20.5 Å². The van der Waals surface area contributed by atoms with Crippen LogP contribution in [0.1, 0.15) is 12.2 Å². The fraction of sp³-hybridized carbons (Fsp3) is 0.211. The topological polar surface area (TPSA) is 89.1 Å². The lowest BCUT2D eigenvalue weighted by atomic mass is 10.2. The highest BCUT2D eigenvalue weighted by atomic mass is 35.5. The Kier molecular flexibility index (Phi) is 6.44. The van der Waals surface area contributed by atoms with E-state index in [-0.39, 0.29) is 30.5 Å². The van der Waals surface area contributed by atoms with Gasteiger partial charge in [0.15, 0.2) is 5.82 Å². The van der Waals surface area contributed by atoms with Crippen LogP contribution >= 0.6 is 11.6 Å². The Labute approximate surface area is 165 Å². The van der Waals surface area contributed by atoms with Crippen LogP contribution in [0.25, 0.3) is 11.4 Å². The van der Waals surface area contributed by atoms with Crippen LogP contribution in [-0.2, 0) is 11.3 Å². The van der Waals surface area contributed by atoms with Gasteiger partial charge in [-0.05, 0) is 42.5 Å². The molecule has 0 fully saturated rings. The molecule has 9 heteroatoms. The van der Waals surface area contributed by atoms with E-state index >= 15 is 0 Å². The molecule has 0 bridgehead atoms. The summed E-state index contributed by atoms with van der Waals surface area (Å²) in [6.07, 6.45) is 0.118. The van der Waals surface area contributed by atoms with Gasteiger partial charge >= 0.3 is 0 Å². The lowest BCUT2D eigenvalue weighted by molar-refractivity contribution is -0.121. The highest BCUT2D eigenvalue weighted by Crippen LogP contribution is 2.24. The summed E-state index contributed by atoms with van der Waals surface area (Å²) in [7, 11) is 1.60. The van der Waals surface area contributed by atoms with Crippen LogP contribution in [0.5, 0.6) is 11.5 Å². The number of amides is 1. The SMILES string of the molecule is COc1ccc(-c2n[nH]c(CNC(=O)CCOc3ccc(F)cc3Cl)n2)cc1. The van der Waals surface area contributed by atoms with Gasteiger partial charge in [0, 0.05) is 5.56 Å². The summed E-state index contributed by atoms with van der Waals surface area (Å²) in [6, 6.07) is 11.2. The molecule has 1 aromatic heterocycles. The van der Waals surface area contributed by atoms with Crippen LogP contribution in [-0.4, -0.2) is 34.8 Å². The Balaban J connectivity index is 1.45. The first kappa shape index (κ1) is 19.6. The molecule has 0 unspecified atom stereocenters. The van der Waals surface area contributed by atoms with Crippen LogP contribution in [0.4, 0.5) is 4.39 Å². The van der Waals surface area contributed by atoms with E-state index in [0.717, 1.165) is 17.4 Å². The monoisotopic (exact) mass is 404 g/mol. The van der Waals surface area contributed by atoms with E-state index in [1.807, 2.05) is 24.3 Å². The summed E-state index contributed by atoms with van der Waals surface area (Å²) in [6.45, 7) is 0.323. The lowest BCUT2D eigenvalue weighted by Crippen LogP contribution is -2.25. The first-order valence-corrected chi connectivity index (χ1v) is 8.83.